The van der Waals surface area contributed by atoms with E-state index in [1.807, 2.05) is 24.3 Å². The molecular formula is C21H12ClN5O3S. The van der Waals surface area contributed by atoms with E-state index in [-0.39, 0.29) is 18.2 Å². The van der Waals surface area contributed by atoms with Crippen molar-refractivity contribution in [1.82, 2.24) is 25.1 Å². The minimum absolute atomic E-state index is 0.0685. The number of nitrogens with zero attached hydrogens (tertiary/aromatic N) is 5. The molecule has 152 valence electrons. The third kappa shape index (κ3) is 4.00. The van der Waals surface area contributed by atoms with Gasteiger partial charge in [-0.25, -0.2) is 19.7 Å². The topological polar surface area (TPSA) is 104 Å². The number of esters is 1. The largest absolute Gasteiger partial charge is 0.451 e. The number of thiazole rings is 1. The molecule has 5 aromatic rings. The second kappa shape index (κ2) is 8.21. The van der Waals surface area contributed by atoms with Gasteiger partial charge < -0.3 is 9.26 Å². The molecule has 5 rings (SSSR count). The molecule has 0 bridgehead atoms. The maximum Gasteiger partial charge on any atom is 0.359 e. The molecule has 0 radical (unpaired) electrons. The van der Waals surface area contributed by atoms with E-state index >= 15 is 0 Å². The number of para-hydroxylation sites is 1. The van der Waals surface area contributed by atoms with Gasteiger partial charge in [0.1, 0.15) is 10.7 Å². The minimum atomic E-state index is -0.659. The van der Waals surface area contributed by atoms with Crippen molar-refractivity contribution in [2.24, 2.45) is 0 Å². The van der Waals surface area contributed by atoms with Gasteiger partial charge in [-0.15, -0.1) is 11.3 Å². The maximum atomic E-state index is 12.7. The van der Waals surface area contributed by atoms with Crippen LogP contribution in [0.5, 0.6) is 0 Å². The molecule has 8 nitrogen and oxygen atoms in total. The van der Waals surface area contributed by atoms with E-state index in [0.29, 0.717) is 21.5 Å². The Kier molecular flexibility index (Phi) is 5.11. The van der Waals surface area contributed by atoms with Gasteiger partial charge in [0.25, 0.3) is 5.89 Å². The Balaban J connectivity index is 1.34. The summed E-state index contributed by atoms with van der Waals surface area (Å²) in [6, 6.07) is 14.7. The summed E-state index contributed by atoms with van der Waals surface area (Å²) in [4.78, 5) is 29.9. The van der Waals surface area contributed by atoms with Crippen LogP contribution in [0.2, 0.25) is 5.02 Å². The average molecular weight is 450 g/mol. The minimum Gasteiger partial charge on any atom is -0.451 e. The lowest BCUT2D eigenvalue weighted by atomic mass is 10.2. The van der Waals surface area contributed by atoms with Crippen LogP contribution in [0.3, 0.4) is 0 Å². The lowest BCUT2D eigenvalue weighted by Crippen LogP contribution is -2.10. The summed E-state index contributed by atoms with van der Waals surface area (Å²) in [6.07, 6.45) is 2.94. The fourth-order valence-corrected chi connectivity index (χ4v) is 3.93. The zero-order valence-electron chi connectivity index (χ0n) is 15.7. The van der Waals surface area contributed by atoms with Crippen molar-refractivity contribution in [1.29, 1.82) is 0 Å². The molecular weight excluding hydrogens is 438 g/mol. The number of fused-ring (bicyclic) bond motifs is 1. The Labute approximate surface area is 184 Å². The van der Waals surface area contributed by atoms with Gasteiger partial charge in [-0.05, 0) is 36.4 Å². The van der Waals surface area contributed by atoms with Crippen LogP contribution in [0.15, 0.2) is 65.4 Å². The van der Waals surface area contributed by atoms with Crippen LogP contribution in [0.1, 0.15) is 16.4 Å². The van der Waals surface area contributed by atoms with E-state index in [4.69, 9.17) is 20.9 Å². The summed E-state index contributed by atoms with van der Waals surface area (Å²) in [5, 5.41) is 5.09. The molecule has 0 unspecified atom stereocenters. The molecule has 0 spiro atoms. The number of benzene rings is 2. The van der Waals surface area contributed by atoms with Gasteiger partial charge in [0.05, 0.1) is 10.2 Å². The molecule has 0 fully saturated rings. The van der Waals surface area contributed by atoms with E-state index in [1.54, 1.807) is 24.3 Å². The summed E-state index contributed by atoms with van der Waals surface area (Å²) in [6.45, 7) is -0.199. The van der Waals surface area contributed by atoms with Gasteiger partial charge in [-0.3, -0.25) is 0 Å². The van der Waals surface area contributed by atoms with Gasteiger partial charge in [-0.1, -0.05) is 28.9 Å². The first-order valence-electron chi connectivity index (χ1n) is 9.10. The number of carbonyl (C=O) groups excluding carboxylic acids is 1. The predicted molar refractivity (Wildman–Crippen MR) is 115 cm³/mol. The van der Waals surface area contributed by atoms with Gasteiger partial charge in [0, 0.05) is 23.0 Å². The van der Waals surface area contributed by atoms with Crippen molar-refractivity contribution >= 4 is 39.1 Å². The number of hydrogen-bond acceptors (Lipinski definition) is 9. The number of rotatable bonds is 5. The number of aromatic nitrogens is 5. The highest BCUT2D eigenvalue weighted by Crippen LogP contribution is 2.30. The Morgan fingerprint density at radius 2 is 1.84 bits per heavy atom. The summed E-state index contributed by atoms with van der Waals surface area (Å²) in [5.74, 6) is -0.130. The molecule has 0 aliphatic heterocycles. The first kappa shape index (κ1) is 19.3. The number of halogens is 1. The van der Waals surface area contributed by atoms with E-state index < -0.39 is 5.97 Å². The average Bonchev–Trinajstić information content (AvgIpc) is 3.45. The summed E-state index contributed by atoms with van der Waals surface area (Å²) < 4.78 is 11.5. The smallest absolute Gasteiger partial charge is 0.359 e. The molecule has 0 aliphatic rings. The Bertz CT molecular complexity index is 1350. The van der Waals surface area contributed by atoms with E-state index in [2.05, 4.69) is 25.1 Å². The summed E-state index contributed by atoms with van der Waals surface area (Å²) in [5.41, 5.74) is 1.99. The molecule has 0 atom stereocenters. The van der Waals surface area contributed by atoms with E-state index in [1.165, 1.54) is 23.7 Å². The fourth-order valence-electron chi connectivity index (χ4n) is 2.84. The standard InChI is InChI=1S/C21H12ClN5O3S/c22-13-7-5-12(6-8-13)19-26-16(30-27-19)11-29-21(28)18-17(23-9-10-24-18)20-25-14-3-1-2-4-15(14)31-20/h1-10H,11H2. The van der Waals surface area contributed by atoms with Crippen LogP contribution in [0, 0.1) is 0 Å². The zero-order valence-corrected chi connectivity index (χ0v) is 17.3. The van der Waals surface area contributed by atoms with Crippen LogP contribution in [-0.2, 0) is 11.3 Å². The van der Waals surface area contributed by atoms with E-state index in [0.717, 1.165) is 15.8 Å². The Morgan fingerprint density at radius 3 is 2.68 bits per heavy atom. The number of carbonyl (C=O) groups is 1. The highest BCUT2D eigenvalue weighted by molar-refractivity contribution is 7.21. The van der Waals surface area contributed by atoms with Crippen molar-refractivity contribution in [3.8, 4) is 22.1 Å². The maximum absolute atomic E-state index is 12.7. The van der Waals surface area contributed by atoms with Crippen LogP contribution in [-0.4, -0.2) is 31.1 Å². The number of hydrogen-bond donors (Lipinski definition) is 0. The molecule has 0 saturated carbocycles. The van der Waals surface area contributed by atoms with E-state index in [9.17, 15) is 4.79 Å². The monoisotopic (exact) mass is 449 g/mol. The van der Waals surface area contributed by atoms with Gasteiger partial charge in [0.15, 0.2) is 12.3 Å². The van der Waals surface area contributed by atoms with Crippen LogP contribution >= 0.6 is 22.9 Å². The fraction of sp³-hybridized carbons (Fsp3) is 0.0476. The van der Waals surface area contributed by atoms with Crippen LogP contribution < -0.4 is 0 Å². The molecule has 10 heteroatoms. The molecule has 0 aliphatic carbocycles. The molecule has 0 amide bonds. The summed E-state index contributed by atoms with van der Waals surface area (Å²) >= 11 is 7.32. The lowest BCUT2D eigenvalue weighted by Gasteiger charge is -2.04. The predicted octanol–water partition coefficient (Wildman–Crippen LogP) is 4.81. The molecule has 3 aromatic heterocycles. The molecule has 0 N–H and O–H groups in total. The Morgan fingerprint density at radius 1 is 1.03 bits per heavy atom. The van der Waals surface area contributed by atoms with Gasteiger partial charge in [0.2, 0.25) is 5.82 Å². The molecule has 3 heterocycles. The molecule has 0 saturated heterocycles. The SMILES string of the molecule is O=C(OCc1nc(-c2ccc(Cl)cc2)no1)c1nccnc1-c1nc2ccccc2s1. The van der Waals surface area contributed by atoms with Crippen LogP contribution in [0.25, 0.3) is 32.3 Å². The van der Waals surface area contributed by atoms with Crippen molar-refractivity contribution in [2.45, 2.75) is 6.61 Å². The second-order valence-corrected chi connectivity index (χ2v) is 7.80. The number of ether oxygens (including phenoxy) is 1. The first-order chi connectivity index (χ1) is 15.2. The lowest BCUT2D eigenvalue weighted by molar-refractivity contribution is 0.0423. The Hall–Kier alpha value is -3.69. The van der Waals surface area contributed by atoms with Gasteiger partial charge >= 0.3 is 5.97 Å². The third-order valence-corrected chi connectivity index (χ3v) is 5.58. The molecule has 2 aromatic carbocycles. The summed E-state index contributed by atoms with van der Waals surface area (Å²) in [7, 11) is 0. The third-order valence-electron chi connectivity index (χ3n) is 4.29. The normalized spacial score (nSPS) is 11.0. The highest BCUT2D eigenvalue weighted by Gasteiger charge is 2.21. The van der Waals surface area contributed by atoms with Gasteiger partial charge in [-0.2, -0.15) is 4.98 Å². The molecule has 31 heavy (non-hydrogen) atoms. The highest BCUT2D eigenvalue weighted by atomic mass is 35.5. The van der Waals surface area contributed by atoms with Crippen LogP contribution in [0.4, 0.5) is 0 Å². The second-order valence-electron chi connectivity index (χ2n) is 6.34. The van der Waals surface area contributed by atoms with Crippen molar-refractivity contribution in [3.63, 3.8) is 0 Å². The first-order valence-corrected chi connectivity index (χ1v) is 10.3. The zero-order chi connectivity index (χ0) is 21.2. The van der Waals surface area contributed by atoms with Crippen molar-refractivity contribution in [2.75, 3.05) is 0 Å². The van der Waals surface area contributed by atoms with Crippen molar-refractivity contribution in [3.05, 3.63) is 77.5 Å². The quantitative estimate of drug-likeness (QED) is 0.352. The van der Waals surface area contributed by atoms with Crippen molar-refractivity contribution < 1.29 is 14.1 Å².